The molecule has 1 saturated heterocycles. The van der Waals surface area contributed by atoms with Gasteiger partial charge in [0.2, 0.25) is 17.6 Å². The lowest BCUT2D eigenvalue weighted by molar-refractivity contribution is -0.128. The van der Waals surface area contributed by atoms with Crippen molar-refractivity contribution in [3.05, 3.63) is 47.2 Å². The molecule has 3 aromatic rings. The van der Waals surface area contributed by atoms with E-state index in [-0.39, 0.29) is 11.8 Å². The van der Waals surface area contributed by atoms with Crippen molar-refractivity contribution in [3.63, 3.8) is 0 Å². The number of likely N-dealkylation sites (tertiary alicyclic amines) is 1. The van der Waals surface area contributed by atoms with Gasteiger partial charge in [-0.2, -0.15) is 4.98 Å². The maximum absolute atomic E-state index is 12.5. The molecule has 0 spiro atoms. The minimum absolute atomic E-state index is 0.0747. The molecule has 0 saturated carbocycles. The first kappa shape index (κ1) is 17.5. The maximum Gasteiger partial charge on any atom is 0.232 e. The number of methoxy groups -OCH3 is 2. The maximum atomic E-state index is 12.5. The molecule has 140 valence electrons. The van der Waals surface area contributed by atoms with E-state index in [0.717, 1.165) is 10.4 Å². The van der Waals surface area contributed by atoms with Gasteiger partial charge in [-0.15, -0.1) is 11.3 Å². The molecule has 0 radical (unpaired) electrons. The molecule has 1 fully saturated rings. The molecule has 0 bridgehead atoms. The molecule has 1 aromatic carbocycles. The number of hydrogen-bond donors (Lipinski definition) is 0. The Morgan fingerprint density at radius 3 is 2.85 bits per heavy atom. The average Bonchev–Trinajstić information content (AvgIpc) is 3.42. The average molecular weight is 385 g/mol. The summed E-state index contributed by atoms with van der Waals surface area (Å²) in [6.07, 6.45) is 0.374. The summed E-state index contributed by atoms with van der Waals surface area (Å²) < 4.78 is 16.0. The first-order chi connectivity index (χ1) is 13.2. The van der Waals surface area contributed by atoms with Gasteiger partial charge in [0, 0.05) is 19.5 Å². The van der Waals surface area contributed by atoms with E-state index < -0.39 is 0 Å². The highest BCUT2D eigenvalue weighted by molar-refractivity contribution is 7.13. The number of nitrogens with zero attached hydrogens (tertiary/aromatic N) is 3. The van der Waals surface area contributed by atoms with Crippen LogP contribution in [-0.2, 0) is 11.3 Å². The summed E-state index contributed by atoms with van der Waals surface area (Å²) in [7, 11) is 3.19. The van der Waals surface area contributed by atoms with Gasteiger partial charge in [-0.1, -0.05) is 17.3 Å². The van der Waals surface area contributed by atoms with Crippen LogP contribution in [0.25, 0.3) is 10.7 Å². The van der Waals surface area contributed by atoms with Crippen LogP contribution < -0.4 is 9.47 Å². The summed E-state index contributed by atoms with van der Waals surface area (Å²) in [6, 6.07) is 9.56. The predicted molar refractivity (Wildman–Crippen MR) is 99.9 cm³/mol. The Hall–Kier alpha value is -2.87. The van der Waals surface area contributed by atoms with E-state index >= 15 is 0 Å². The van der Waals surface area contributed by atoms with E-state index in [1.807, 2.05) is 35.7 Å². The third kappa shape index (κ3) is 3.52. The van der Waals surface area contributed by atoms with Crippen LogP contribution >= 0.6 is 11.3 Å². The number of thiophene rings is 1. The first-order valence-electron chi connectivity index (χ1n) is 8.54. The van der Waals surface area contributed by atoms with Crippen LogP contribution in [-0.4, -0.2) is 41.7 Å². The second-order valence-corrected chi connectivity index (χ2v) is 7.25. The Kier molecular flexibility index (Phi) is 4.81. The largest absolute Gasteiger partial charge is 0.493 e. The molecule has 2 aromatic heterocycles. The van der Waals surface area contributed by atoms with Gasteiger partial charge in [0.1, 0.15) is 0 Å². The minimum Gasteiger partial charge on any atom is -0.493 e. The summed E-state index contributed by atoms with van der Waals surface area (Å²) in [5, 5.41) is 6.01. The highest BCUT2D eigenvalue weighted by atomic mass is 32.1. The zero-order valence-corrected chi connectivity index (χ0v) is 15.9. The van der Waals surface area contributed by atoms with Gasteiger partial charge in [0.25, 0.3) is 0 Å². The minimum atomic E-state index is -0.0844. The Balaban J connectivity index is 1.46. The van der Waals surface area contributed by atoms with Crippen molar-refractivity contribution < 1.29 is 18.8 Å². The molecule has 1 amide bonds. The van der Waals surface area contributed by atoms with E-state index in [1.54, 1.807) is 30.5 Å². The van der Waals surface area contributed by atoms with E-state index in [0.29, 0.717) is 42.7 Å². The third-order valence-corrected chi connectivity index (χ3v) is 5.43. The molecule has 7 nitrogen and oxygen atoms in total. The molecule has 3 heterocycles. The summed E-state index contributed by atoms with van der Waals surface area (Å²) in [6.45, 7) is 1.06. The van der Waals surface area contributed by atoms with Crippen LogP contribution in [0.15, 0.2) is 40.2 Å². The number of hydrogen-bond acceptors (Lipinski definition) is 7. The Bertz CT molecular complexity index is 938. The zero-order chi connectivity index (χ0) is 18.8. The molecule has 1 aliphatic rings. The second kappa shape index (κ2) is 7.40. The lowest BCUT2D eigenvalue weighted by Crippen LogP contribution is -2.24. The van der Waals surface area contributed by atoms with Crippen molar-refractivity contribution in [2.45, 2.75) is 18.9 Å². The third-order valence-electron chi connectivity index (χ3n) is 4.57. The second-order valence-electron chi connectivity index (χ2n) is 6.30. The molecule has 0 aliphatic carbocycles. The normalized spacial score (nSPS) is 16.7. The lowest BCUT2D eigenvalue weighted by atomic mass is 10.1. The summed E-state index contributed by atoms with van der Waals surface area (Å²) >= 11 is 1.56. The quantitative estimate of drug-likeness (QED) is 0.648. The topological polar surface area (TPSA) is 77.7 Å². The standard InChI is InChI=1S/C19H19N3O4S/c1-24-14-6-5-12(8-15(14)25-2)10-22-11-13(9-17(22)23)19-20-18(21-26-19)16-4-3-7-27-16/h3-8,13H,9-11H2,1-2H3. The highest BCUT2D eigenvalue weighted by Gasteiger charge is 2.34. The highest BCUT2D eigenvalue weighted by Crippen LogP contribution is 2.32. The van der Waals surface area contributed by atoms with Gasteiger partial charge in [-0.05, 0) is 29.1 Å². The zero-order valence-electron chi connectivity index (χ0n) is 15.0. The molecular formula is C19H19N3O4S. The Morgan fingerprint density at radius 1 is 1.26 bits per heavy atom. The van der Waals surface area contributed by atoms with Crippen molar-refractivity contribution in [2.75, 3.05) is 20.8 Å². The van der Waals surface area contributed by atoms with E-state index in [1.165, 1.54) is 0 Å². The molecule has 1 atom stereocenters. The fourth-order valence-electron chi connectivity index (χ4n) is 3.20. The molecule has 8 heteroatoms. The predicted octanol–water partition coefficient (Wildman–Crippen LogP) is 3.33. The number of amides is 1. The van der Waals surface area contributed by atoms with Crippen LogP contribution in [0.4, 0.5) is 0 Å². The summed E-state index contributed by atoms with van der Waals surface area (Å²) in [5.41, 5.74) is 0.978. The molecule has 4 rings (SSSR count). The van der Waals surface area contributed by atoms with Crippen LogP contribution in [0.5, 0.6) is 11.5 Å². The number of aromatic nitrogens is 2. The monoisotopic (exact) mass is 385 g/mol. The molecule has 1 aliphatic heterocycles. The van der Waals surface area contributed by atoms with Gasteiger partial charge in [0.05, 0.1) is 25.0 Å². The van der Waals surface area contributed by atoms with Gasteiger partial charge in [0.15, 0.2) is 11.5 Å². The molecule has 0 N–H and O–H groups in total. The van der Waals surface area contributed by atoms with Crippen LogP contribution in [0.2, 0.25) is 0 Å². The Labute approximate surface area is 160 Å². The summed E-state index contributed by atoms with van der Waals surface area (Å²) in [5.74, 6) is 2.39. The molecule has 27 heavy (non-hydrogen) atoms. The SMILES string of the molecule is COc1ccc(CN2CC(c3nc(-c4cccs4)no3)CC2=O)cc1OC. The van der Waals surface area contributed by atoms with Crippen molar-refractivity contribution in [3.8, 4) is 22.2 Å². The van der Waals surface area contributed by atoms with Crippen molar-refractivity contribution in [1.29, 1.82) is 0 Å². The number of rotatable bonds is 6. The van der Waals surface area contributed by atoms with Gasteiger partial charge >= 0.3 is 0 Å². The van der Waals surface area contributed by atoms with Crippen molar-refractivity contribution >= 4 is 17.2 Å². The van der Waals surface area contributed by atoms with Gasteiger partial charge < -0.3 is 18.9 Å². The molecular weight excluding hydrogens is 366 g/mol. The number of carbonyl (C=O) groups excluding carboxylic acids is 1. The number of carbonyl (C=O) groups is 1. The fourth-order valence-corrected chi connectivity index (χ4v) is 3.85. The van der Waals surface area contributed by atoms with Gasteiger partial charge in [-0.3, -0.25) is 4.79 Å². The number of benzene rings is 1. The van der Waals surface area contributed by atoms with Gasteiger partial charge in [-0.25, -0.2) is 0 Å². The van der Waals surface area contributed by atoms with E-state index in [4.69, 9.17) is 14.0 Å². The van der Waals surface area contributed by atoms with Crippen LogP contribution in [0, 0.1) is 0 Å². The van der Waals surface area contributed by atoms with Crippen molar-refractivity contribution in [2.24, 2.45) is 0 Å². The molecule has 1 unspecified atom stereocenters. The lowest BCUT2D eigenvalue weighted by Gasteiger charge is -2.17. The Morgan fingerprint density at radius 2 is 2.11 bits per heavy atom. The van der Waals surface area contributed by atoms with E-state index in [2.05, 4.69) is 10.1 Å². The van der Waals surface area contributed by atoms with Crippen LogP contribution in [0.3, 0.4) is 0 Å². The number of ether oxygens (including phenoxy) is 2. The summed E-state index contributed by atoms with van der Waals surface area (Å²) in [4.78, 5) is 19.7. The first-order valence-corrected chi connectivity index (χ1v) is 9.42. The fraction of sp³-hybridized carbons (Fsp3) is 0.316. The van der Waals surface area contributed by atoms with E-state index in [9.17, 15) is 4.79 Å². The van der Waals surface area contributed by atoms with Crippen LogP contribution in [0.1, 0.15) is 23.8 Å². The smallest absolute Gasteiger partial charge is 0.232 e. The van der Waals surface area contributed by atoms with Crippen molar-refractivity contribution in [1.82, 2.24) is 15.0 Å².